The van der Waals surface area contributed by atoms with Gasteiger partial charge in [-0.1, -0.05) is 18.2 Å². The van der Waals surface area contributed by atoms with Crippen LogP contribution in [0.3, 0.4) is 0 Å². The Morgan fingerprint density at radius 3 is 2.91 bits per heavy atom. The van der Waals surface area contributed by atoms with E-state index in [0.29, 0.717) is 0 Å². The van der Waals surface area contributed by atoms with Gasteiger partial charge in [-0.3, -0.25) is 0 Å². The summed E-state index contributed by atoms with van der Waals surface area (Å²) in [6.45, 7) is 2.67. The summed E-state index contributed by atoms with van der Waals surface area (Å²) >= 11 is 0. The van der Waals surface area contributed by atoms with Crippen LogP contribution in [0.2, 0.25) is 0 Å². The number of benzene rings is 1. The summed E-state index contributed by atoms with van der Waals surface area (Å²) in [4.78, 5) is 7.04. The molecule has 0 unspecified atom stereocenters. The standard InChI is InChI=1S/C16H20N6/c1-20(2)10-11-22-16-15-13(7-5-9-21(16)18-19-22)12-6-3-4-8-14(12)17-15/h3-4,6,8H,5,7,9-11H2,1-2H3. The van der Waals surface area contributed by atoms with E-state index in [2.05, 4.69) is 47.6 Å². The molecule has 1 aromatic carbocycles. The zero-order valence-corrected chi connectivity index (χ0v) is 13.0. The van der Waals surface area contributed by atoms with Crippen LogP contribution in [0.4, 0.5) is 0 Å². The number of nitrogens with zero attached hydrogens (tertiary/aromatic N) is 6. The Kier molecular flexibility index (Phi) is 3.18. The van der Waals surface area contributed by atoms with E-state index in [4.69, 9.17) is 4.99 Å². The summed E-state index contributed by atoms with van der Waals surface area (Å²) in [6.07, 6.45) is 2.12. The van der Waals surface area contributed by atoms with E-state index in [9.17, 15) is 0 Å². The summed E-state index contributed by atoms with van der Waals surface area (Å²) in [5.41, 5.74) is 2.40. The van der Waals surface area contributed by atoms with Gasteiger partial charge in [-0.25, -0.2) is 15.0 Å². The first-order valence-electron chi connectivity index (χ1n) is 7.77. The Balaban J connectivity index is 1.81. The Morgan fingerprint density at radius 2 is 2.05 bits per heavy atom. The van der Waals surface area contributed by atoms with Crippen molar-refractivity contribution in [2.75, 3.05) is 33.7 Å². The number of likely N-dealkylation sites (N-methyl/N-ethyl adjacent to an activating group) is 1. The van der Waals surface area contributed by atoms with Crippen LogP contribution in [-0.4, -0.2) is 48.6 Å². The van der Waals surface area contributed by atoms with E-state index in [1.165, 1.54) is 10.8 Å². The van der Waals surface area contributed by atoms with Gasteiger partial charge in [0.2, 0.25) is 0 Å². The summed E-state index contributed by atoms with van der Waals surface area (Å²) in [7, 11) is 4.15. The molecular weight excluding hydrogens is 276 g/mol. The molecule has 0 radical (unpaired) electrons. The molecule has 3 heterocycles. The van der Waals surface area contributed by atoms with Crippen molar-refractivity contribution in [1.82, 2.24) is 14.9 Å². The molecule has 0 aromatic heterocycles. The fourth-order valence-corrected chi connectivity index (χ4v) is 3.14. The molecule has 0 spiro atoms. The number of allylic oxidation sites excluding steroid dienone is 1. The second kappa shape index (κ2) is 5.21. The van der Waals surface area contributed by atoms with Crippen molar-refractivity contribution in [2.24, 2.45) is 15.4 Å². The molecule has 0 N–H and O–H groups in total. The third kappa shape index (κ3) is 2.11. The van der Waals surface area contributed by atoms with E-state index < -0.39 is 0 Å². The van der Waals surface area contributed by atoms with Gasteiger partial charge in [0.25, 0.3) is 0 Å². The minimum Gasteiger partial charge on any atom is -0.308 e. The molecule has 0 fully saturated rings. The van der Waals surface area contributed by atoms with Crippen molar-refractivity contribution in [3.63, 3.8) is 0 Å². The van der Waals surface area contributed by atoms with E-state index in [-0.39, 0.29) is 0 Å². The molecule has 4 rings (SSSR count). The minimum atomic E-state index is 0.824. The largest absolute Gasteiger partial charge is 0.308 e. The first kappa shape index (κ1) is 13.5. The summed E-state index contributed by atoms with van der Waals surface area (Å²) in [5.74, 6) is 1.05. The Hall–Kier alpha value is -2.21. The van der Waals surface area contributed by atoms with Gasteiger partial charge < -0.3 is 4.90 Å². The molecule has 1 aromatic rings. The highest BCUT2D eigenvalue weighted by atomic mass is 15.8. The molecule has 0 amide bonds. The first-order valence-corrected chi connectivity index (χ1v) is 7.77. The van der Waals surface area contributed by atoms with Gasteiger partial charge in [0.15, 0.2) is 5.82 Å². The Labute approximate surface area is 129 Å². The van der Waals surface area contributed by atoms with Crippen molar-refractivity contribution in [3.8, 4) is 0 Å². The third-order valence-corrected chi connectivity index (χ3v) is 4.26. The predicted octanol–water partition coefficient (Wildman–Crippen LogP) is 0.895. The molecule has 0 saturated heterocycles. The van der Waals surface area contributed by atoms with Gasteiger partial charge in [-0.05, 0) is 49.0 Å². The lowest BCUT2D eigenvalue weighted by Gasteiger charge is -2.21. The molecule has 3 aliphatic heterocycles. The molecule has 6 heteroatoms. The normalized spacial score (nSPS) is 19.3. The zero-order valence-electron chi connectivity index (χ0n) is 13.0. The van der Waals surface area contributed by atoms with Crippen LogP contribution in [0.15, 0.2) is 51.2 Å². The maximum atomic E-state index is 4.88. The second-order valence-corrected chi connectivity index (χ2v) is 6.11. The second-order valence-electron chi connectivity index (χ2n) is 6.11. The average Bonchev–Trinajstić information content (AvgIpc) is 3.02. The van der Waals surface area contributed by atoms with E-state index in [0.717, 1.165) is 49.4 Å². The van der Waals surface area contributed by atoms with Crippen molar-refractivity contribution >= 4 is 5.57 Å². The quantitative estimate of drug-likeness (QED) is 0.832. The highest BCUT2D eigenvalue weighted by Gasteiger charge is 2.32. The molecule has 0 bridgehead atoms. The van der Waals surface area contributed by atoms with Gasteiger partial charge in [0.05, 0.1) is 11.9 Å². The molecule has 22 heavy (non-hydrogen) atoms. The fraction of sp³-hybridized carbons (Fsp3) is 0.438. The van der Waals surface area contributed by atoms with Crippen molar-refractivity contribution in [2.45, 2.75) is 12.8 Å². The lowest BCUT2D eigenvalue weighted by Crippen LogP contribution is -2.30. The molecule has 114 valence electrons. The zero-order chi connectivity index (χ0) is 15.1. The smallest absolute Gasteiger partial charge is 0.175 e. The van der Waals surface area contributed by atoms with Crippen LogP contribution in [0, 0.1) is 0 Å². The summed E-state index contributed by atoms with van der Waals surface area (Å²) in [5, 5.41) is 15.0. The van der Waals surface area contributed by atoms with Crippen LogP contribution in [0.5, 0.6) is 0 Å². The van der Waals surface area contributed by atoms with Crippen molar-refractivity contribution in [3.05, 3.63) is 46.4 Å². The van der Waals surface area contributed by atoms with Crippen molar-refractivity contribution < 1.29 is 0 Å². The van der Waals surface area contributed by atoms with Crippen LogP contribution in [-0.2, 0) is 0 Å². The monoisotopic (exact) mass is 296 g/mol. The first-order chi connectivity index (χ1) is 10.7. The van der Waals surface area contributed by atoms with Crippen LogP contribution >= 0.6 is 0 Å². The van der Waals surface area contributed by atoms with E-state index in [1.54, 1.807) is 0 Å². The Bertz CT molecular complexity index is 776. The third-order valence-electron chi connectivity index (χ3n) is 4.26. The van der Waals surface area contributed by atoms with Gasteiger partial charge in [0.1, 0.15) is 5.70 Å². The van der Waals surface area contributed by atoms with Gasteiger partial charge in [-0.2, -0.15) is 0 Å². The molecule has 6 nitrogen and oxygen atoms in total. The molecule has 3 aliphatic rings. The van der Waals surface area contributed by atoms with Gasteiger partial charge in [0, 0.05) is 18.3 Å². The lowest BCUT2D eigenvalue weighted by atomic mass is 10.1. The van der Waals surface area contributed by atoms with Crippen molar-refractivity contribution in [1.29, 1.82) is 0 Å². The van der Waals surface area contributed by atoms with Gasteiger partial charge in [-0.15, -0.1) is 0 Å². The van der Waals surface area contributed by atoms with Gasteiger partial charge >= 0.3 is 0 Å². The molecular formula is C16H20N6. The maximum absolute atomic E-state index is 4.88. The number of hydrogen-bond acceptors (Lipinski definition) is 6. The number of rotatable bonds is 3. The maximum Gasteiger partial charge on any atom is 0.175 e. The Morgan fingerprint density at radius 1 is 1.18 bits per heavy atom. The summed E-state index contributed by atoms with van der Waals surface area (Å²) < 4.78 is 0. The van der Waals surface area contributed by atoms with Crippen LogP contribution in [0.1, 0.15) is 12.8 Å². The van der Waals surface area contributed by atoms with Crippen LogP contribution < -0.4 is 10.6 Å². The van der Waals surface area contributed by atoms with Crippen LogP contribution in [0.25, 0.3) is 5.57 Å². The lowest BCUT2D eigenvalue weighted by molar-refractivity contribution is 0.268. The highest BCUT2D eigenvalue weighted by molar-refractivity contribution is 5.67. The SMILES string of the molecule is CN(C)CCN1N=NN2CCCC3=c4ccccc4=NC3=C21. The highest BCUT2D eigenvalue weighted by Crippen LogP contribution is 2.34. The fourth-order valence-electron chi connectivity index (χ4n) is 3.14. The number of fused-ring (bicyclic) bond motifs is 3. The van der Waals surface area contributed by atoms with E-state index in [1.807, 2.05) is 16.1 Å². The summed E-state index contributed by atoms with van der Waals surface area (Å²) in [6, 6.07) is 8.39. The predicted molar refractivity (Wildman–Crippen MR) is 83.7 cm³/mol. The number of para-hydroxylation sites is 1. The average molecular weight is 296 g/mol. The number of hydrogen-bond donors (Lipinski definition) is 0. The molecule has 0 atom stereocenters. The minimum absolute atomic E-state index is 0.824. The topological polar surface area (TPSA) is 46.8 Å². The molecule has 0 aliphatic carbocycles. The van der Waals surface area contributed by atoms with E-state index >= 15 is 0 Å². The molecule has 0 saturated carbocycles.